The number of primary sulfonamides is 1. The molecule has 2 aromatic carbocycles. The van der Waals surface area contributed by atoms with Crippen molar-refractivity contribution in [3.05, 3.63) is 89.9 Å². The molecule has 0 saturated heterocycles. The van der Waals surface area contributed by atoms with Gasteiger partial charge in [-0.25, -0.2) is 28.2 Å². The molecule has 0 saturated carbocycles. The monoisotopic (exact) mass is 549 g/mol. The summed E-state index contributed by atoms with van der Waals surface area (Å²) >= 11 is 0.968. The molecule has 0 bridgehead atoms. The minimum atomic E-state index is -3.88. The number of aromatic nitrogens is 5. The lowest BCUT2D eigenvalue weighted by atomic mass is 10.1. The van der Waals surface area contributed by atoms with Crippen LogP contribution in [-0.4, -0.2) is 39.3 Å². The second kappa shape index (κ2) is 10.7. The van der Waals surface area contributed by atoms with Crippen LogP contribution in [0.15, 0.2) is 77.4 Å². The fourth-order valence-corrected chi connectivity index (χ4v) is 5.43. The minimum absolute atomic E-state index is 0.0888. The van der Waals surface area contributed by atoms with Crippen LogP contribution in [0.4, 0.5) is 5.82 Å². The Morgan fingerprint density at radius 2 is 1.97 bits per heavy atom. The smallest absolute Gasteiger partial charge is 0.265 e. The van der Waals surface area contributed by atoms with E-state index in [-0.39, 0.29) is 16.9 Å². The largest absolute Gasteiger partial charge is 0.487 e. The van der Waals surface area contributed by atoms with Crippen LogP contribution in [0, 0.1) is 6.92 Å². The van der Waals surface area contributed by atoms with Crippen LogP contribution < -0.4 is 15.2 Å². The molecule has 0 aliphatic carbocycles. The fraction of sp³-hybridized carbons (Fsp3) is 0.160. The Morgan fingerprint density at radius 1 is 1.16 bits per heavy atom. The van der Waals surface area contributed by atoms with Gasteiger partial charge in [-0.1, -0.05) is 35.5 Å². The molecular formula is C25H23N7O4S2. The summed E-state index contributed by atoms with van der Waals surface area (Å²) in [5.74, 6) is 0.687. The third-order valence-electron chi connectivity index (χ3n) is 5.59. The Morgan fingerprint density at radius 3 is 2.74 bits per heavy atom. The maximum absolute atomic E-state index is 13.3. The lowest BCUT2D eigenvalue weighted by molar-refractivity contribution is -0.119. The zero-order valence-corrected chi connectivity index (χ0v) is 21.8. The van der Waals surface area contributed by atoms with Gasteiger partial charge in [0.1, 0.15) is 29.9 Å². The van der Waals surface area contributed by atoms with Gasteiger partial charge in [-0.05, 0) is 48.4 Å². The van der Waals surface area contributed by atoms with Crippen molar-refractivity contribution in [1.29, 1.82) is 0 Å². The summed E-state index contributed by atoms with van der Waals surface area (Å²) in [7, 11) is -3.88. The Kier molecular flexibility index (Phi) is 7.13. The molecule has 1 atom stereocenters. The zero-order valence-electron chi connectivity index (χ0n) is 20.2. The highest BCUT2D eigenvalue weighted by molar-refractivity contribution is 7.91. The number of thiazole rings is 1. The summed E-state index contributed by atoms with van der Waals surface area (Å²) in [4.78, 5) is 21.5. The number of nitrogens with two attached hydrogens (primary N) is 1. The van der Waals surface area contributed by atoms with Crippen molar-refractivity contribution in [2.24, 2.45) is 5.14 Å². The molecule has 1 unspecified atom stereocenters. The van der Waals surface area contributed by atoms with Crippen LogP contribution in [0.3, 0.4) is 0 Å². The van der Waals surface area contributed by atoms with Crippen molar-refractivity contribution < 1.29 is 17.9 Å². The SMILES string of the molecule is Cc1ccnc(NC(=O)C(Cc2ccccc2)n2cc(COc3ccc4nc(S(N)(=O)=O)sc4c3)nn2)c1. The van der Waals surface area contributed by atoms with Crippen molar-refractivity contribution in [1.82, 2.24) is 25.0 Å². The number of carbonyl (C=O) groups excluding carboxylic acids is 1. The van der Waals surface area contributed by atoms with E-state index >= 15 is 0 Å². The van der Waals surface area contributed by atoms with Crippen molar-refractivity contribution >= 4 is 43.3 Å². The number of pyridine rings is 1. The quantitative estimate of drug-likeness (QED) is 0.284. The van der Waals surface area contributed by atoms with E-state index in [1.54, 1.807) is 36.7 Å². The van der Waals surface area contributed by atoms with Crippen LogP contribution in [0.2, 0.25) is 0 Å². The predicted octanol–water partition coefficient (Wildman–Crippen LogP) is 3.24. The van der Waals surface area contributed by atoms with Gasteiger partial charge < -0.3 is 10.1 Å². The molecule has 3 N–H and O–H groups in total. The van der Waals surface area contributed by atoms with Gasteiger partial charge in [-0.15, -0.1) is 16.4 Å². The summed E-state index contributed by atoms with van der Waals surface area (Å²) < 4.78 is 31.0. The van der Waals surface area contributed by atoms with Crippen molar-refractivity contribution in [2.75, 3.05) is 5.32 Å². The molecule has 38 heavy (non-hydrogen) atoms. The summed E-state index contributed by atoms with van der Waals surface area (Å²) in [5.41, 5.74) is 2.97. The van der Waals surface area contributed by atoms with Gasteiger partial charge in [0.15, 0.2) is 0 Å². The van der Waals surface area contributed by atoms with Crippen LogP contribution in [0.1, 0.15) is 22.9 Å². The number of amides is 1. The summed E-state index contributed by atoms with van der Waals surface area (Å²) in [5, 5.41) is 16.4. The van der Waals surface area contributed by atoms with E-state index in [9.17, 15) is 13.2 Å². The summed E-state index contributed by atoms with van der Waals surface area (Å²) in [6.07, 6.45) is 3.71. The van der Waals surface area contributed by atoms with E-state index in [0.29, 0.717) is 33.9 Å². The average molecular weight is 550 g/mol. The molecule has 3 heterocycles. The number of hydrogen-bond donors (Lipinski definition) is 2. The molecule has 5 rings (SSSR count). The first-order valence-corrected chi connectivity index (χ1v) is 13.9. The molecule has 0 aliphatic rings. The lowest BCUT2D eigenvalue weighted by Gasteiger charge is -2.17. The molecule has 194 valence electrons. The molecule has 0 fully saturated rings. The van der Waals surface area contributed by atoms with Crippen LogP contribution in [-0.2, 0) is 27.8 Å². The van der Waals surface area contributed by atoms with Crippen molar-refractivity contribution in [2.45, 2.75) is 30.3 Å². The molecule has 0 aliphatic heterocycles. The number of rotatable bonds is 9. The third kappa shape index (κ3) is 6.02. The van der Waals surface area contributed by atoms with E-state index in [0.717, 1.165) is 22.5 Å². The van der Waals surface area contributed by atoms with Crippen molar-refractivity contribution in [3.8, 4) is 5.75 Å². The van der Waals surface area contributed by atoms with E-state index in [2.05, 4.69) is 25.6 Å². The number of nitrogens with zero attached hydrogens (tertiary/aromatic N) is 5. The normalized spacial score (nSPS) is 12.4. The topological polar surface area (TPSA) is 155 Å². The van der Waals surface area contributed by atoms with E-state index < -0.39 is 16.1 Å². The van der Waals surface area contributed by atoms with Gasteiger partial charge in [0, 0.05) is 12.6 Å². The van der Waals surface area contributed by atoms with Gasteiger partial charge in [0.25, 0.3) is 15.9 Å². The fourth-order valence-electron chi connectivity index (χ4n) is 3.74. The molecule has 11 nitrogen and oxygen atoms in total. The number of aryl methyl sites for hydroxylation is 1. The van der Waals surface area contributed by atoms with Crippen LogP contribution >= 0.6 is 11.3 Å². The molecule has 5 aromatic rings. The highest BCUT2D eigenvalue weighted by Gasteiger charge is 2.23. The molecule has 13 heteroatoms. The first-order valence-electron chi connectivity index (χ1n) is 11.5. The van der Waals surface area contributed by atoms with Gasteiger partial charge in [0.05, 0.1) is 16.4 Å². The highest BCUT2D eigenvalue weighted by atomic mass is 32.2. The molecule has 0 radical (unpaired) electrons. The van der Waals surface area contributed by atoms with E-state index in [1.807, 2.05) is 43.3 Å². The number of benzene rings is 2. The highest BCUT2D eigenvalue weighted by Crippen LogP contribution is 2.28. The van der Waals surface area contributed by atoms with E-state index in [1.165, 1.54) is 4.68 Å². The summed E-state index contributed by atoms with van der Waals surface area (Å²) in [6, 6.07) is 17.6. The Labute approximate surface area is 222 Å². The lowest BCUT2D eigenvalue weighted by Crippen LogP contribution is -2.28. The maximum Gasteiger partial charge on any atom is 0.265 e. The van der Waals surface area contributed by atoms with Crippen LogP contribution in [0.25, 0.3) is 10.2 Å². The first kappa shape index (κ1) is 25.4. The van der Waals surface area contributed by atoms with E-state index in [4.69, 9.17) is 9.88 Å². The number of ether oxygens (including phenoxy) is 1. The Hall–Kier alpha value is -4.20. The third-order valence-corrected chi connectivity index (χ3v) is 7.93. The summed E-state index contributed by atoms with van der Waals surface area (Å²) in [6.45, 7) is 2.01. The number of anilines is 1. The molecule has 3 aromatic heterocycles. The average Bonchev–Trinajstić information content (AvgIpc) is 3.53. The maximum atomic E-state index is 13.3. The molecule has 0 spiro atoms. The second-order valence-corrected chi connectivity index (χ2v) is 11.3. The van der Waals surface area contributed by atoms with Crippen LogP contribution in [0.5, 0.6) is 5.75 Å². The van der Waals surface area contributed by atoms with Crippen molar-refractivity contribution in [3.63, 3.8) is 0 Å². The van der Waals surface area contributed by atoms with Gasteiger partial charge >= 0.3 is 0 Å². The number of nitrogens with one attached hydrogen (secondary N) is 1. The van der Waals surface area contributed by atoms with Gasteiger partial charge in [0.2, 0.25) is 4.34 Å². The Bertz CT molecular complexity index is 1700. The number of sulfonamides is 1. The number of carbonyl (C=O) groups is 1. The number of fused-ring (bicyclic) bond motifs is 1. The standard InChI is InChI=1S/C25H23N7O4S2/c1-16-9-10-27-23(11-16)29-24(33)21(12-17-5-3-2-4-6-17)32-14-18(30-31-32)15-36-19-7-8-20-22(13-19)37-25(28-20)38(26,34)35/h2-11,13-14,21H,12,15H2,1H3,(H2,26,34,35)(H,27,29,33). The predicted molar refractivity (Wildman–Crippen MR) is 142 cm³/mol. The van der Waals surface area contributed by atoms with Gasteiger partial charge in [-0.2, -0.15) is 0 Å². The minimum Gasteiger partial charge on any atom is -0.487 e. The Balaban J connectivity index is 1.33. The number of hydrogen-bond acceptors (Lipinski definition) is 9. The second-order valence-electron chi connectivity index (χ2n) is 8.55. The molecule has 1 amide bonds. The van der Waals surface area contributed by atoms with Gasteiger partial charge in [-0.3, -0.25) is 4.79 Å². The zero-order chi connectivity index (χ0) is 26.7. The molecular weight excluding hydrogens is 526 g/mol. The first-order chi connectivity index (χ1) is 18.2.